The quantitative estimate of drug-likeness (QED) is 0.577. The number of H-pyrrole nitrogens is 1. The molecule has 118 valence electrons. The minimum absolute atomic E-state index is 0.373. The fourth-order valence-corrected chi connectivity index (χ4v) is 2.46. The molecule has 6 heteroatoms. The van der Waals surface area contributed by atoms with Crippen molar-refractivity contribution in [1.29, 1.82) is 0 Å². The molecule has 1 aromatic carbocycles. The minimum Gasteiger partial charge on any atom is -0.497 e. The van der Waals surface area contributed by atoms with Gasteiger partial charge in [0.25, 0.3) is 0 Å². The highest BCUT2D eigenvalue weighted by Crippen LogP contribution is 2.31. The summed E-state index contributed by atoms with van der Waals surface area (Å²) in [4.78, 5) is 15.2. The number of carbonyl (C=O) groups is 1. The number of halogens is 1. The molecule has 0 spiro atoms. The van der Waals surface area contributed by atoms with E-state index in [2.05, 4.69) is 16.9 Å². The van der Waals surface area contributed by atoms with Gasteiger partial charge in [0.15, 0.2) is 0 Å². The molecule has 0 unspecified atom stereocenters. The Morgan fingerprint density at radius 1 is 1.45 bits per heavy atom. The van der Waals surface area contributed by atoms with Crippen LogP contribution in [-0.2, 0) is 4.74 Å². The van der Waals surface area contributed by atoms with Gasteiger partial charge in [-0.3, -0.25) is 0 Å². The Kier molecular flexibility index (Phi) is 5.72. The molecule has 0 atom stereocenters. The zero-order chi connectivity index (χ0) is 15.9. The Hall–Kier alpha value is -2.14. The van der Waals surface area contributed by atoms with Crippen molar-refractivity contribution in [3.63, 3.8) is 0 Å². The van der Waals surface area contributed by atoms with Crippen LogP contribution in [0.25, 0.3) is 10.9 Å². The summed E-state index contributed by atoms with van der Waals surface area (Å²) < 4.78 is 10.4. The fraction of sp³-hybridized carbons (Fsp3) is 0.312. The Morgan fingerprint density at radius 2 is 2.27 bits per heavy atom. The largest absolute Gasteiger partial charge is 0.497 e. The van der Waals surface area contributed by atoms with Crippen molar-refractivity contribution in [2.45, 2.75) is 12.8 Å². The van der Waals surface area contributed by atoms with Crippen LogP contribution in [-0.4, -0.2) is 31.2 Å². The van der Waals surface area contributed by atoms with Gasteiger partial charge in [0.1, 0.15) is 5.75 Å². The Balaban J connectivity index is 2.01. The van der Waals surface area contributed by atoms with Crippen molar-refractivity contribution >= 4 is 28.5 Å². The van der Waals surface area contributed by atoms with Crippen molar-refractivity contribution in [3.05, 3.63) is 41.7 Å². The van der Waals surface area contributed by atoms with Gasteiger partial charge in [0, 0.05) is 24.2 Å². The van der Waals surface area contributed by atoms with Crippen LogP contribution in [0.15, 0.2) is 31.1 Å². The molecule has 0 saturated carbocycles. The topological polar surface area (TPSA) is 63.3 Å². The van der Waals surface area contributed by atoms with E-state index in [1.165, 1.54) is 0 Å². The third kappa shape index (κ3) is 3.74. The predicted octanol–water partition coefficient (Wildman–Crippen LogP) is 3.50. The molecule has 1 heterocycles. The highest BCUT2D eigenvalue weighted by Gasteiger charge is 2.16. The van der Waals surface area contributed by atoms with Gasteiger partial charge in [-0.05, 0) is 25.1 Å². The standard InChI is InChI=1S/C16H19ClN2O3/c1-3-18-6-4-5-7-22-16(20)12-10-19-14-9-11(21-2)8-13(17)15(12)14/h3,8-10,18-19H,1,4-7H2,2H3. The summed E-state index contributed by atoms with van der Waals surface area (Å²) in [6.07, 6.45) is 4.95. The number of hydrogen-bond acceptors (Lipinski definition) is 4. The Labute approximate surface area is 134 Å². The van der Waals surface area contributed by atoms with Crippen LogP contribution < -0.4 is 10.1 Å². The van der Waals surface area contributed by atoms with E-state index in [1.807, 2.05) is 0 Å². The number of esters is 1. The average molecular weight is 323 g/mol. The third-order valence-corrected chi connectivity index (χ3v) is 3.55. The number of unbranched alkanes of at least 4 members (excludes halogenated alkanes) is 1. The number of methoxy groups -OCH3 is 1. The Morgan fingerprint density at radius 3 is 3.00 bits per heavy atom. The molecule has 2 N–H and O–H groups in total. The van der Waals surface area contributed by atoms with E-state index in [-0.39, 0.29) is 5.97 Å². The van der Waals surface area contributed by atoms with Crippen molar-refractivity contribution in [1.82, 2.24) is 10.3 Å². The summed E-state index contributed by atoms with van der Waals surface area (Å²) in [5, 5.41) is 4.11. The lowest BCUT2D eigenvalue weighted by atomic mass is 10.1. The molecular weight excluding hydrogens is 304 g/mol. The van der Waals surface area contributed by atoms with E-state index in [1.54, 1.807) is 31.6 Å². The van der Waals surface area contributed by atoms with E-state index in [0.29, 0.717) is 28.3 Å². The van der Waals surface area contributed by atoms with Crippen LogP contribution in [0.3, 0.4) is 0 Å². The van der Waals surface area contributed by atoms with Gasteiger partial charge in [0.05, 0.1) is 29.8 Å². The molecule has 0 aliphatic rings. The first-order chi connectivity index (χ1) is 10.7. The van der Waals surface area contributed by atoms with Crippen LogP contribution >= 0.6 is 11.6 Å². The van der Waals surface area contributed by atoms with Gasteiger partial charge in [-0.25, -0.2) is 4.79 Å². The van der Waals surface area contributed by atoms with Gasteiger partial charge >= 0.3 is 5.97 Å². The van der Waals surface area contributed by atoms with Gasteiger partial charge in [0.2, 0.25) is 0 Å². The molecule has 0 fully saturated rings. The lowest BCUT2D eigenvalue weighted by molar-refractivity contribution is 0.0501. The van der Waals surface area contributed by atoms with Crippen molar-refractivity contribution < 1.29 is 14.3 Å². The highest BCUT2D eigenvalue weighted by molar-refractivity contribution is 6.37. The zero-order valence-corrected chi connectivity index (χ0v) is 13.2. The second-order valence-corrected chi connectivity index (χ2v) is 5.14. The first-order valence-corrected chi connectivity index (χ1v) is 7.41. The van der Waals surface area contributed by atoms with Gasteiger partial charge in [-0.1, -0.05) is 18.2 Å². The Bertz CT molecular complexity index is 667. The normalized spacial score (nSPS) is 10.5. The zero-order valence-electron chi connectivity index (χ0n) is 12.4. The summed E-state index contributed by atoms with van der Waals surface area (Å²) in [7, 11) is 1.57. The number of aromatic nitrogens is 1. The molecule has 0 radical (unpaired) electrons. The first-order valence-electron chi connectivity index (χ1n) is 7.03. The van der Waals surface area contributed by atoms with Crippen LogP contribution in [0.2, 0.25) is 5.02 Å². The first kappa shape index (κ1) is 16.2. The van der Waals surface area contributed by atoms with E-state index in [4.69, 9.17) is 21.1 Å². The molecule has 2 rings (SSSR count). The summed E-state index contributed by atoms with van der Waals surface area (Å²) in [6, 6.07) is 3.47. The molecule has 22 heavy (non-hydrogen) atoms. The summed E-state index contributed by atoms with van der Waals surface area (Å²) in [6.45, 7) is 4.76. The van der Waals surface area contributed by atoms with Gasteiger partial charge in [-0.15, -0.1) is 0 Å². The second kappa shape index (κ2) is 7.75. The van der Waals surface area contributed by atoms with E-state index in [9.17, 15) is 4.79 Å². The molecule has 0 aliphatic carbocycles. The molecule has 1 aromatic heterocycles. The van der Waals surface area contributed by atoms with Crippen LogP contribution in [0.4, 0.5) is 0 Å². The van der Waals surface area contributed by atoms with Crippen LogP contribution in [0, 0.1) is 0 Å². The SMILES string of the molecule is C=CNCCCCOC(=O)c1c[nH]c2cc(OC)cc(Cl)c12. The number of nitrogens with one attached hydrogen (secondary N) is 2. The smallest absolute Gasteiger partial charge is 0.340 e. The number of ether oxygens (including phenoxy) is 2. The summed E-state index contributed by atoms with van der Waals surface area (Å²) in [5.41, 5.74) is 1.18. The van der Waals surface area contributed by atoms with Crippen LogP contribution in [0.1, 0.15) is 23.2 Å². The number of benzene rings is 1. The maximum absolute atomic E-state index is 12.2. The fourth-order valence-electron chi connectivity index (χ4n) is 2.14. The lowest BCUT2D eigenvalue weighted by Gasteiger charge is -2.06. The monoisotopic (exact) mass is 322 g/mol. The van der Waals surface area contributed by atoms with Crippen LogP contribution in [0.5, 0.6) is 5.75 Å². The summed E-state index contributed by atoms with van der Waals surface area (Å²) >= 11 is 6.22. The molecule has 0 bridgehead atoms. The van der Waals surface area contributed by atoms with E-state index in [0.717, 1.165) is 24.9 Å². The molecular formula is C16H19ClN2O3. The number of hydrogen-bond donors (Lipinski definition) is 2. The number of aromatic amines is 1. The maximum Gasteiger partial charge on any atom is 0.340 e. The number of fused-ring (bicyclic) bond motifs is 1. The third-order valence-electron chi connectivity index (χ3n) is 3.25. The van der Waals surface area contributed by atoms with Crippen molar-refractivity contribution in [3.8, 4) is 5.75 Å². The molecule has 0 amide bonds. The molecule has 2 aromatic rings. The van der Waals surface area contributed by atoms with E-state index >= 15 is 0 Å². The van der Waals surface area contributed by atoms with E-state index < -0.39 is 0 Å². The van der Waals surface area contributed by atoms with Gasteiger partial charge in [-0.2, -0.15) is 0 Å². The maximum atomic E-state index is 12.2. The molecule has 5 nitrogen and oxygen atoms in total. The number of carbonyl (C=O) groups excluding carboxylic acids is 1. The number of rotatable bonds is 8. The van der Waals surface area contributed by atoms with Crippen molar-refractivity contribution in [2.24, 2.45) is 0 Å². The lowest BCUT2D eigenvalue weighted by Crippen LogP contribution is -2.10. The second-order valence-electron chi connectivity index (χ2n) is 4.74. The molecule has 0 aliphatic heterocycles. The van der Waals surface area contributed by atoms with Crippen molar-refractivity contribution in [2.75, 3.05) is 20.3 Å². The van der Waals surface area contributed by atoms with Gasteiger partial charge < -0.3 is 19.8 Å². The summed E-state index contributed by atoms with van der Waals surface area (Å²) in [5.74, 6) is 0.254. The predicted molar refractivity (Wildman–Crippen MR) is 87.6 cm³/mol. The minimum atomic E-state index is -0.380. The highest BCUT2D eigenvalue weighted by atomic mass is 35.5. The average Bonchev–Trinajstić information content (AvgIpc) is 2.95. The molecule has 0 saturated heterocycles.